The predicted octanol–water partition coefficient (Wildman–Crippen LogP) is 4.83. The molecule has 0 radical (unpaired) electrons. The van der Waals surface area contributed by atoms with Crippen LogP contribution in [0.5, 0.6) is 17.2 Å². The lowest BCUT2D eigenvalue weighted by molar-refractivity contribution is -0.120. The maximum atomic E-state index is 13.7. The van der Waals surface area contributed by atoms with Crippen LogP contribution in [-0.2, 0) is 14.8 Å². The number of nitrogens with zero attached hydrogens (tertiary/aromatic N) is 1. The zero-order chi connectivity index (χ0) is 26.3. The van der Waals surface area contributed by atoms with Crippen LogP contribution in [0.4, 0.5) is 5.69 Å². The summed E-state index contributed by atoms with van der Waals surface area (Å²) < 4.78 is 44.2. The molecule has 3 aromatic carbocycles. The Morgan fingerprint density at radius 1 is 0.917 bits per heavy atom. The van der Waals surface area contributed by atoms with E-state index in [-0.39, 0.29) is 16.7 Å². The van der Waals surface area contributed by atoms with E-state index in [4.69, 9.17) is 25.8 Å². The Morgan fingerprint density at radius 2 is 1.56 bits per heavy atom. The van der Waals surface area contributed by atoms with Crippen molar-refractivity contribution in [1.29, 1.82) is 0 Å². The molecule has 8 nitrogen and oxygen atoms in total. The SMILES string of the molecule is CC[C@H](NC(=O)CN(c1ccc(Cl)cc1)S(=O)(=O)c1ccc(OC)c(OC)c1)c1ccc(OC)cc1. The molecule has 0 aliphatic rings. The molecule has 0 aromatic heterocycles. The van der Waals surface area contributed by atoms with Gasteiger partial charge in [-0.25, -0.2) is 8.42 Å². The number of halogens is 1. The normalized spacial score (nSPS) is 11.9. The maximum absolute atomic E-state index is 13.7. The van der Waals surface area contributed by atoms with Crippen molar-refractivity contribution < 1.29 is 27.4 Å². The molecule has 0 unspecified atom stereocenters. The summed E-state index contributed by atoms with van der Waals surface area (Å²) in [6, 6.07) is 17.6. The maximum Gasteiger partial charge on any atom is 0.264 e. The number of carbonyl (C=O) groups excluding carboxylic acids is 1. The lowest BCUT2D eigenvalue weighted by Crippen LogP contribution is -2.42. The van der Waals surface area contributed by atoms with Crippen LogP contribution in [-0.4, -0.2) is 42.2 Å². The fourth-order valence-corrected chi connectivity index (χ4v) is 5.22. The molecule has 3 rings (SSSR count). The second-order valence-corrected chi connectivity index (χ2v) is 10.1. The van der Waals surface area contributed by atoms with Crippen molar-refractivity contribution in [2.24, 2.45) is 0 Å². The van der Waals surface area contributed by atoms with Crippen molar-refractivity contribution >= 4 is 33.2 Å². The number of sulfonamides is 1. The van der Waals surface area contributed by atoms with Crippen molar-refractivity contribution in [1.82, 2.24) is 5.32 Å². The van der Waals surface area contributed by atoms with E-state index in [0.29, 0.717) is 28.6 Å². The Kier molecular flexibility index (Phi) is 9.06. The quantitative estimate of drug-likeness (QED) is 0.380. The second kappa shape index (κ2) is 12.0. The monoisotopic (exact) mass is 532 g/mol. The number of rotatable bonds is 11. The minimum Gasteiger partial charge on any atom is -0.497 e. The van der Waals surface area contributed by atoms with Crippen LogP contribution in [0, 0.1) is 0 Å². The zero-order valence-corrected chi connectivity index (χ0v) is 22.1. The average Bonchev–Trinajstić information content (AvgIpc) is 2.90. The minimum absolute atomic E-state index is 0.0508. The first-order valence-corrected chi connectivity index (χ1v) is 13.0. The van der Waals surface area contributed by atoms with Gasteiger partial charge in [-0.1, -0.05) is 30.7 Å². The Morgan fingerprint density at radius 3 is 2.11 bits per heavy atom. The lowest BCUT2D eigenvalue weighted by Gasteiger charge is -2.26. The van der Waals surface area contributed by atoms with Crippen LogP contribution in [0.3, 0.4) is 0 Å². The van der Waals surface area contributed by atoms with E-state index in [1.165, 1.54) is 32.4 Å². The van der Waals surface area contributed by atoms with E-state index in [9.17, 15) is 13.2 Å². The van der Waals surface area contributed by atoms with Gasteiger partial charge in [0.05, 0.1) is 38.0 Å². The molecule has 1 N–H and O–H groups in total. The molecule has 36 heavy (non-hydrogen) atoms. The van der Waals surface area contributed by atoms with E-state index in [1.807, 2.05) is 31.2 Å². The Hall–Kier alpha value is -3.43. The van der Waals surface area contributed by atoms with Gasteiger partial charge in [0.1, 0.15) is 12.3 Å². The molecule has 3 aromatic rings. The summed E-state index contributed by atoms with van der Waals surface area (Å²) in [6.45, 7) is 1.50. The Labute approximate surface area is 216 Å². The highest BCUT2D eigenvalue weighted by molar-refractivity contribution is 7.92. The van der Waals surface area contributed by atoms with Crippen molar-refractivity contribution in [3.63, 3.8) is 0 Å². The van der Waals surface area contributed by atoms with Gasteiger partial charge in [0, 0.05) is 11.1 Å². The Bertz CT molecular complexity index is 1280. The largest absolute Gasteiger partial charge is 0.497 e. The van der Waals surface area contributed by atoms with Crippen LogP contribution in [0.1, 0.15) is 24.9 Å². The van der Waals surface area contributed by atoms with Crippen LogP contribution in [0.15, 0.2) is 71.6 Å². The van der Waals surface area contributed by atoms with Gasteiger partial charge in [0.2, 0.25) is 5.91 Å². The number of methoxy groups -OCH3 is 3. The number of ether oxygens (including phenoxy) is 3. The average molecular weight is 533 g/mol. The summed E-state index contributed by atoms with van der Waals surface area (Å²) >= 11 is 6.02. The Balaban J connectivity index is 1.93. The standard InChI is InChI=1S/C26H29ClN2O6S/c1-5-23(18-6-12-21(33-2)13-7-18)28-26(30)17-29(20-10-8-19(27)9-11-20)36(31,32)22-14-15-24(34-3)25(16-22)35-4/h6-16,23H,5,17H2,1-4H3,(H,28,30)/t23-/m0/s1. The lowest BCUT2D eigenvalue weighted by atomic mass is 10.0. The topological polar surface area (TPSA) is 94.2 Å². The summed E-state index contributed by atoms with van der Waals surface area (Å²) in [5, 5.41) is 3.38. The van der Waals surface area contributed by atoms with Gasteiger partial charge >= 0.3 is 0 Å². The molecule has 0 fully saturated rings. The van der Waals surface area contributed by atoms with Crippen LogP contribution in [0.2, 0.25) is 5.02 Å². The van der Waals surface area contributed by atoms with Gasteiger partial charge in [-0.2, -0.15) is 0 Å². The van der Waals surface area contributed by atoms with Crippen molar-refractivity contribution in [3.05, 3.63) is 77.3 Å². The summed E-state index contributed by atoms with van der Waals surface area (Å²) in [5.74, 6) is 0.883. The highest BCUT2D eigenvalue weighted by Gasteiger charge is 2.29. The number of hydrogen-bond donors (Lipinski definition) is 1. The van der Waals surface area contributed by atoms with E-state index in [1.54, 1.807) is 31.4 Å². The van der Waals surface area contributed by atoms with Gasteiger partial charge in [0.25, 0.3) is 10.0 Å². The zero-order valence-electron chi connectivity index (χ0n) is 20.5. The van der Waals surface area contributed by atoms with E-state index < -0.39 is 22.5 Å². The fraction of sp³-hybridized carbons (Fsp3) is 0.269. The smallest absolute Gasteiger partial charge is 0.264 e. The van der Waals surface area contributed by atoms with Gasteiger partial charge in [0.15, 0.2) is 11.5 Å². The number of carbonyl (C=O) groups is 1. The predicted molar refractivity (Wildman–Crippen MR) is 140 cm³/mol. The highest BCUT2D eigenvalue weighted by Crippen LogP contribution is 2.32. The van der Waals surface area contributed by atoms with Crippen LogP contribution >= 0.6 is 11.6 Å². The summed E-state index contributed by atoms with van der Waals surface area (Å²) in [5.41, 5.74) is 1.18. The molecule has 0 aliphatic heterocycles. The minimum atomic E-state index is -4.16. The molecular weight excluding hydrogens is 504 g/mol. The molecule has 1 amide bonds. The summed E-state index contributed by atoms with van der Waals surface area (Å²) in [6.07, 6.45) is 0.613. The molecule has 1 atom stereocenters. The van der Waals surface area contributed by atoms with Crippen LogP contribution in [0.25, 0.3) is 0 Å². The molecule has 0 saturated carbocycles. The summed E-state index contributed by atoms with van der Waals surface area (Å²) in [4.78, 5) is 13.1. The molecule has 0 saturated heterocycles. The number of nitrogens with one attached hydrogen (secondary N) is 1. The first-order chi connectivity index (χ1) is 17.2. The number of anilines is 1. The molecular formula is C26H29ClN2O6S. The third-order valence-electron chi connectivity index (χ3n) is 5.61. The van der Waals surface area contributed by atoms with Gasteiger partial charge in [-0.3, -0.25) is 9.10 Å². The van der Waals surface area contributed by atoms with Gasteiger partial charge in [-0.15, -0.1) is 0 Å². The van der Waals surface area contributed by atoms with E-state index in [0.717, 1.165) is 9.87 Å². The molecule has 0 heterocycles. The van der Waals surface area contributed by atoms with Crippen molar-refractivity contribution in [2.75, 3.05) is 32.2 Å². The fourth-order valence-electron chi connectivity index (χ4n) is 3.65. The van der Waals surface area contributed by atoms with Gasteiger partial charge < -0.3 is 19.5 Å². The molecule has 192 valence electrons. The van der Waals surface area contributed by atoms with Crippen LogP contribution < -0.4 is 23.8 Å². The second-order valence-electron chi connectivity index (χ2n) is 7.81. The first kappa shape index (κ1) is 27.2. The van der Waals surface area contributed by atoms with Gasteiger partial charge in [-0.05, 0) is 60.5 Å². The summed E-state index contributed by atoms with van der Waals surface area (Å²) in [7, 11) is 0.304. The molecule has 0 spiro atoms. The number of benzene rings is 3. The molecule has 0 aliphatic carbocycles. The third-order valence-corrected chi connectivity index (χ3v) is 7.63. The first-order valence-electron chi connectivity index (χ1n) is 11.2. The third kappa shape index (κ3) is 6.22. The highest BCUT2D eigenvalue weighted by atomic mass is 35.5. The number of hydrogen-bond acceptors (Lipinski definition) is 6. The van der Waals surface area contributed by atoms with Crippen molar-refractivity contribution in [3.8, 4) is 17.2 Å². The number of amides is 1. The van der Waals surface area contributed by atoms with Crippen molar-refractivity contribution in [2.45, 2.75) is 24.3 Å². The molecule has 0 bridgehead atoms. The molecule has 10 heteroatoms. The van der Waals surface area contributed by atoms with E-state index >= 15 is 0 Å². The van der Waals surface area contributed by atoms with E-state index in [2.05, 4.69) is 5.32 Å².